The molecule has 6 N–H and O–H groups in total. The van der Waals surface area contributed by atoms with Crippen molar-refractivity contribution in [2.45, 2.75) is 51.5 Å². The van der Waals surface area contributed by atoms with E-state index < -0.39 is 6.23 Å². The Bertz CT molecular complexity index is 1610. The zero-order valence-electron chi connectivity index (χ0n) is 23.4. The third-order valence-corrected chi connectivity index (χ3v) is 7.28. The smallest absolute Gasteiger partial charge is 0.324 e. The molecular formula is C30H34N8O3. The topological polar surface area (TPSA) is 133 Å². The predicted molar refractivity (Wildman–Crippen MR) is 158 cm³/mol. The molecule has 2 fully saturated rings. The lowest BCUT2D eigenvalue weighted by molar-refractivity contribution is 0.0851. The van der Waals surface area contributed by atoms with E-state index in [9.17, 15) is 9.59 Å². The van der Waals surface area contributed by atoms with Crippen LogP contribution in [0.4, 0.5) is 21.1 Å². The minimum Gasteiger partial charge on any atom is -0.472 e. The molecule has 0 spiro atoms. The molecule has 3 unspecified atom stereocenters. The van der Waals surface area contributed by atoms with E-state index in [4.69, 9.17) is 9.84 Å². The summed E-state index contributed by atoms with van der Waals surface area (Å²) >= 11 is 0. The molecule has 11 heteroatoms. The predicted octanol–water partition coefficient (Wildman–Crippen LogP) is 4.14. The van der Waals surface area contributed by atoms with Crippen LogP contribution in [-0.2, 0) is 5.41 Å². The fraction of sp³-hybridized carbons (Fsp3) is 0.300. The molecule has 6 rings (SSSR count). The minimum absolute atomic E-state index is 0.199. The molecule has 11 nitrogen and oxygen atoms in total. The van der Waals surface area contributed by atoms with Gasteiger partial charge in [0.25, 0.3) is 0 Å². The molecule has 2 saturated heterocycles. The molecule has 3 heterocycles. The number of carbonyl (C=O) groups excluding carboxylic acids is 2. The SMILES string of the molecule is Cc1ccc(-n2nc(C(C)(C)C)cc2NC(=O)Nc2ccc(OC3NCNC4NC(=O)NC43)c3ccccc23)cc1. The van der Waals surface area contributed by atoms with Gasteiger partial charge >= 0.3 is 12.1 Å². The molecule has 3 atom stereocenters. The van der Waals surface area contributed by atoms with Gasteiger partial charge in [-0.25, -0.2) is 14.3 Å². The minimum atomic E-state index is -0.440. The summed E-state index contributed by atoms with van der Waals surface area (Å²) in [7, 11) is 0. The Morgan fingerprint density at radius 2 is 1.73 bits per heavy atom. The van der Waals surface area contributed by atoms with Gasteiger partial charge in [0.15, 0.2) is 6.23 Å². The van der Waals surface area contributed by atoms with E-state index in [0.29, 0.717) is 23.9 Å². The van der Waals surface area contributed by atoms with Crippen LogP contribution < -0.4 is 36.6 Å². The Morgan fingerprint density at radius 1 is 0.976 bits per heavy atom. The van der Waals surface area contributed by atoms with Gasteiger partial charge in [0, 0.05) is 22.3 Å². The third kappa shape index (κ3) is 5.41. The van der Waals surface area contributed by atoms with E-state index in [-0.39, 0.29) is 29.7 Å². The lowest BCUT2D eigenvalue weighted by atomic mass is 9.92. The van der Waals surface area contributed by atoms with Crippen molar-refractivity contribution in [3.8, 4) is 11.4 Å². The average Bonchev–Trinajstić information content (AvgIpc) is 3.54. The highest BCUT2D eigenvalue weighted by atomic mass is 16.5. The van der Waals surface area contributed by atoms with Crippen LogP contribution >= 0.6 is 0 Å². The number of aromatic nitrogens is 2. The maximum Gasteiger partial charge on any atom is 0.324 e. The van der Waals surface area contributed by atoms with Gasteiger partial charge in [-0.1, -0.05) is 62.7 Å². The maximum atomic E-state index is 13.3. The summed E-state index contributed by atoms with van der Waals surface area (Å²) in [5.74, 6) is 1.21. The summed E-state index contributed by atoms with van der Waals surface area (Å²) in [6, 6.07) is 20.4. The third-order valence-electron chi connectivity index (χ3n) is 7.28. The van der Waals surface area contributed by atoms with Crippen LogP contribution in [0.2, 0.25) is 0 Å². The molecule has 0 bridgehead atoms. The molecule has 4 aromatic rings. The van der Waals surface area contributed by atoms with Crippen molar-refractivity contribution in [3.63, 3.8) is 0 Å². The van der Waals surface area contributed by atoms with Gasteiger partial charge in [-0.2, -0.15) is 5.10 Å². The van der Waals surface area contributed by atoms with E-state index in [2.05, 4.69) is 52.7 Å². The molecule has 41 heavy (non-hydrogen) atoms. The number of anilines is 2. The Morgan fingerprint density at radius 3 is 2.49 bits per heavy atom. The molecule has 2 aliphatic heterocycles. The highest BCUT2D eigenvalue weighted by Crippen LogP contribution is 2.33. The Hall–Kier alpha value is -4.61. The summed E-state index contributed by atoms with van der Waals surface area (Å²) < 4.78 is 8.10. The van der Waals surface area contributed by atoms with E-state index in [1.807, 2.05) is 73.7 Å². The number of fused-ring (bicyclic) bond motifs is 2. The zero-order valence-corrected chi connectivity index (χ0v) is 23.4. The standard InChI is InChI=1S/C30H34N8O3/c1-17-9-11-18(12-10-17)38-24(15-23(37-38)30(2,3)4)34-28(39)33-21-13-14-22(20-8-6-5-7-19(20)21)41-27-25-26(31-16-32-27)36-29(40)35-25/h5-15,25-27,31-32H,16H2,1-4H3,(H2,33,34,39)(H2,35,36,40). The number of rotatable bonds is 5. The lowest BCUT2D eigenvalue weighted by Crippen LogP contribution is -2.65. The number of ether oxygens (including phenoxy) is 1. The highest BCUT2D eigenvalue weighted by Gasteiger charge is 2.41. The van der Waals surface area contributed by atoms with E-state index in [1.54, 1.807) is 4.68 Å². The lowest BCUT2D eigenvalue weighted by Gasteiger charge is -2.34. The Balaban J connectivity index is 1.25. The van der Waals surface area contributed by atoms with Gasteiger partial charge in [0.05, 0.1) is 23.7 Å². The molecule has 0 aliphatic carbocycles. The summed E-state index contributed by atoms with van der Waals surface area (Å²) in [6.07, 6.45) is -0.665. The number of benzene rings is 3. The van der Waals surface area contributed by atoms with Crippen molar-refractivity contribution in [1.82, 2.24) is 31.0 Å². The normalized spacial score (nSPS) is 20.2. The van der Waals surface area contributed by atoms with E-state index in [1.165, 1.54) is 0 Å². The van der Waals surface area contributed by atoms with Crippen molar-refractivity contribution in [2.75, 3.05) is 17.3 Å². The second kappa shape index (κ2) is 10.4. The van der Waals surface area contributed by atoms with Crippen LogP contribution in [0.5, 0.6) is 5.75 Å². The van der Waals surface area contributed by atoms with Crippen molar-refractivity contribution in [1.29, 1.82) is 0 Å². The van der Waals surface area contributed by atoms with Gasteiger partial charge in [0.1, 0.15) is 23.8 Å². The van der Waals surface area contributed by atoms with Crippen LogP contribution in [0.15, 0.2) is 66.7 Å². The second-order valence-corrected chi connectivity index (χ2v) is 11.4. The number of nitrogens with zero attached hydrogens (tertiary/aromatic N) is 2. The number of aryl methyl sites for hydroxylation is 1. The number of hydrogen-bond acceptors (Lipinski definition) is 6. The van der Waals surface area contributed by atoms with Crippen LogP contribution in [0.25, 0.3) is 16.5 Å². The number of amides is 4. The molecule has 0 radical (unpaired) electrons. The molecular weight excluding hydrogens is 520 g/mol. The van der Waals surface area contributed by atoms with E-state index >= 15 is 0 Å². The van der Waals surface area contributed by atoms with Crippen molar-refractivity contribution < 1.29 is 14.3 Å². The van der Waals surface area contributed by atoms with Crippen LogP contribution in [0.1, 0.15) is 32.0 Å². The summed E-state index contributed by atoms with van der Waals surface area (Å²) in [5.41, 5.74) is 3.30. The molecule has 3 aromatic carbocycles. The fourth-order valence-electron chi connectivity index (χ4n) is 5.06. The molecule has 0 saturated carbocycles. The van der Waals surface area contributed by atoms with Gasteiger partial charge in [-0.05, 0) is 31.2 Å². The van der Waals surface area contributed by atoms with Crippen LogP contribution in [-0.4, -0.2) is 46.9 Å². The first-order valence-corrected chi connectivity index (χ1v) is 13.6. The van der Waals surface area contributed by atoms with Gasteiger partial charge in [-0.3, -0.25) is 16.0 Å². The number of carbonyl (C=O) groups is 2. The summed E-state index contributed by atoms with van der Waals surface area (Å²) in [5, 5.41) is 24.6. The largest absolute Gasteiger partial charge is 0.472 e. The molecule has 4 amide bonds. The number of nitrogens with one attached hydrogen (secondary N) is 6. The van der Waals surface area contributed by atoms with Gasteiger partial charge < -0.3 is 20.7 Å². The number of hydrogen-bond donors (Lipinski definition) is 6. The molecule has 2 aliphatic rings. The maximum absolute atomic E-state index is 13.3. The van der Waals surface area contributed by atoms with Gasteiger partial charge in [0.2, 0.25) is 0 Å². The van der Waals surface area contributed by atoms with Crippen molar-refractivity contribution >= 4 is 34.3 Å². The van der Waals surface area contributed by atoms with Gasteiger partial charge in [-0.15, -0.1) is 0 Å². The summed E-state index contributed by atoms with van der Waals surface area (Å²) in [6.45, 7) is 8.78. The first kappa shape index (κ1) is 26.6. The molecule has 212 valence electrons. The molecule has 1 aromatic heterocycles. The highest BCUT2D eigenvalue weighted by molar-refractivity contribution is 6.07. The first-order chi connectivity index (χ1) is 19.7. The summed E-state index contributed by atoms with van der Waals surface area (Å²) in [4.78, 5) is 25.2. The Labute approximate surface area is 238 Å². The van der Waals surface area contributed by atoms with E-state index in [0.717, 1.165) is 27.7 Å². The average molecular weight is 555 g/mol. The van der Waals surface area contributed by atoms with Crippen LogP contribution in [0, 0.1) is 6.92 Å². The first-order valence-electron chi connectivity index (χ1n) is 13.6. The van der Waals surface area contributed by atoms with Crippen molar-refractivity contribution in [2.24, 2.45) is 0 Å². The monoisotopic (exact) mass is 554 g/mol. The zero-order chi connectivity index (χ0) is 28.7. The quantitative estimate of drug-likeness (QED) is 0.220. The fourth-order valence-corrected chi connectivity index (χ4v) is 5.06. The Kier molecular flexibility index (Phi) is 6.76. The van der Waals surface area contributed by atoms with Crippen LogP contribution in [0.3, 0.4) is 0 Å². The number of urea groups is 2. The van der Waals surface area contributed by atoms with Crippen molar-refractivity contribution in [3.05, 3.63) is 78.0 Å². The second-order valence-electron chi connectivity index (χ2n) is 11.4.